The van der Waals surface area contributed by atoms with E-state index in [0.717, 1.165) is 30.0 Å². The Morgan fingerprint density at radius 1 is 1.15 bits per heavy atom. The van der Waals surface area contributed by atoms with Gasteiger partial charge >= 0.3 is 0 Å². The number of aromatic nitrogens is 1. The zero-order valence-electron chi connectivity index (χ0n) is 12.4. The second-order valence-corrected chi connectivity index (χ2v) is 4.69. The van der Waals surface area contributed by atoms with Crippen molar-refractivity contribution < 1.29 is 4.74 Å². The highest BCUT2D eigenvalue weighted by molar-refractivity contribution is 5.66. The van der Waals surface area contributed by atoms with Crippen molar-refractivity contribution in [3.63, 3.8) is 0 Å². The molecule has 0 saturated heterocycles. The molecule has 0 spiro atoms. The van der Waals surface area contributed by atoms with Gasteiger partial charge in [0.2, 0.25) is 0 Å². The quantitative estimate of drug-likeness (QED) is 0.866. The SMILES string of the molecule is CCNC(CC)c1ccc(-c2ncccc2OC)cc1. The Morgan fingerprint density at radius 3 is 2.50 bits per heavy atom. The van der Waals surface area contributed by atoms with Crippen LogP contribution >= 0.6 is 0 Å². The molecule has 1 N–H and O–H groups in total. The maximum Gasteiger partial charge on any atom is 0.145 e. The highest BCUT2D eigenvalue weighted by atomic mass is 16.5. The van der Waals surface area contributed by atoms with Crippen molar-refractivity contribution in [1.29, 1.82) is 0 Å². The number of nitrogens with one attached hydrogen (secondary N) is 1. The topological polar surface area (TPSA) is 34.2 Å². The first-order valence-corrected chi connectivity index (χ1v) is 7.12. The lowest BCUT2D eigenvalue weighted by Gasteiger charge is -2.16. The van der Waals surface area contributed by atoms with Gasteiger partial charge in [0.05, 0.1) is 7.11 Å². The smallest absolute Gasteiger partial charge is 0.145 e. The molecule has 1 aromatic heterocycles. The van der Waals surface area contributed by atoms with Crippen LogP contribution in [0.2, 0.25) is 0 Å². The summed E-state index contributed by atoms with van der Waals surface area (Å²) in [6.07, 6.45) is 2.87. The molecule has 1 atom stereocenters. The van der Waals surface area contributed by atoms with Crippen LogP contribution in [0.3, 0.4) is 0 Å². The minimum atomic E-state index is 0.416. The van der Waals surface area contributed by atoms with E-state index in [2.05, 4.69) is 48.4 Å². The summed E-state index contributed by atoms with van der Waals surface area (Å²) < 4.78 is 5.36. The Bertz CT molecular complexity index is 537. The van der Waals surface area contributed by atoms with Crippen LogP contribution in [0, 0.1) is 0 Å². The van der Waals surface area contributed by atoms with Gasteiger partial charge in [-0.1, -0.05) is 38.1 Å². The first-order chi connectivity index (χ1) is 9.80. The summed E-state index contributed by atoms with van der Waals surface area (Å²) in [5, 5.41) is 3.49. The Morgan fingerprint density at radius 2 is 1.90 bits per heavy atom. The van der Waals surface area contributed by atoms with E-state index in [1.807, 2.05) is 12.1 Å². The number of rotatable bonds is 6. The van der Waals surface area contributed by atoms with Crippen LogP contribution < -0.4 is 10.1 Å². The van der Waals surface area contributed by atoms with Gasteiger partial charge in [-0.2, -0.15) is 0 Å². The Hall–Kier alpha value is -1.87. The monoisotopic (exact) mass is 270 g/mol. The van der Waals surface area contributed by atoms with E-state index in [1.54, 1.807) is 13.3 Å². The zero-order chi connectivity index (χ0) is 14.4. The predicted octanol–water partition coefficient (Wildman–Crippen LogP) is 3.82. The maximum absolute atomic E-state index is 5.36. The number of methoxy groups -OCH3 is 1. The molecule has 3 nitrogen and oxygen atoms in total. The molecule has 0 radical (unpaired) electrons. The molecule has 0 bridgehead atoms. The maximum atomic E-state index is 5.36. The van der Waals surface area contributed by atoms with Crippen molar-refractivity contribution in [3.8, 4) is 17.0 Å². The molecule has 0 fully saturated rings. The van der Waals surface area contributed by atoms with Gasteiger partial charge in [0.25, 0.3) is 0 Å². The summed E-state index contributed by atoms with van der Waals surface area (Å²) >= 11 is 0. The lowest BCUT2D eigenvalue weighted by atomic mass is 10.0. The minimum absolute atomic E-state index is 0.416. The van der Waals surface area contributed by atoms with Gasteiger partial charge in [-0.05, 0) is 30.7 Å². The molecule has 1 unspecified atom stereocenters. The molecule has 0 aliphatic carbocycles. The van der Waals surface area contributed by atoms with Gasteiger partial charge in [-0.25, -0.2) is 0 Å². The van der Waals surface area contributed by atoms with Gasteiger partial charge in [0.1, 0.15) is 11.4 Å². The Balaban J connectivity index is 2.27. The second-order valence-electron chi connectivity index (χ2n) is 4.69. The molecular weight excluding hydrogens is 248 g/mol. The van der Waals surface area contributed by atoms with Gasteiger partial charge in [-0.3, -0.25) is 4.98 Å². The van der Waals surface area contributed by atoms with Crippen LogP contribution in [0.15, 0.2) is 42.6 Å². The van der Waals surface area contributed by atoms with E-state index in [9.17, 15) is 0 Å². The molecule has 1 heterocycles. The molecule has 20 heavy (non-hydrogen) atoms. The first-order valence-electron chi connectivity index (χ1n) is 7.12. The molecule has 0 amide bonds. The molecule has 3 heteroatoms. The highest BCUT2D eigenvalue weighted by Crippen LogP contribution is 2.28. The zero-order valence-corrected chi connectivity index (χ0v) is 12.4. The average Bonchev–Trinajstić information content (AvgIpc) is 2.53. The molecule has 0 aliphatic heterocycles. The van der Waals surface area contributed by atoms with Crippen LogP contribution in [-0.2, 0) is 0 Å². The number of hydrogen-bond donors (Lipinski definition) is 1. The summed E-state index contributed by atoms with van der Waals surface area (Å²) in [6.45, 7) is 5.31. The predicted molar refractivity (Wildman–Crippen MR) is 82.9 cm³/mol. The van der Waals surface area contributed by atoms with Crippen LogP contribution in [-0.4, -0.2) is 18.6 Å². The summed E-state index contributed by atoms with van der Waals surface area (Å²) in [4.78, 5) is 4.41. The van der Waals surface area contributed by atoms with Crippen molar-refractivity contribution in [2.24, 2.45) is 0 Å². The van der Waals surface area contributed by atoms with E-state index in [4.69, 9.17) is 4.74 Å². The van der Waals surface area contributed by atoms with Crippen molar-refractivity contribution in [3.05, 3.63) is 48.2 Å². The average molecular weight is 270 g/mol. The van der Waals surface area contributed by atoms with Crippen LogP contribution in [0.5, 0.6) is 5.75 Å². The molecular formula is C17H22N2O. The van der Waals surface area contributed by atoms with Crippen LogP contribution in [0.25, 0.3) is 11.3 Å². The van der Waals surface area contributed by atoms with Crippen molar-refractivity contribution in [1.82, 2.24) is 10.3 Å². The summed E-state index contributed by atoms with van der Waals surface area (Å²) in [7, 11) is 1.67. The number of benzene rings is 1. The van der Waals surface area contributed by atoms with Gasteiger partial charge < -0.3 is 10.1 Å². The fourth-order valence-electron chi connectivity index (χ4n) is 2.39. The molecule has 2 aromatic rings. The van der Waals surface area contributed by atoms with Gasteiger partial charge in [0.15, 0.2) is 0 Å². The van der Waals surface area contributed by atoms with Crippen LogP contribution in [0.4, 0.5) is 0 Å². The van der Waals surface area contributed by atoms with Crippen molar-refractivity contribution in [2.45, 2.75) is 26.3 Å². The van der Waals surface area contributed by atoms with Crippen molar-refractivity contribution in [2.75, 3.05) is 13.7 Å². The molecule has 2 rings (SSSR count). The number of hydrogen-bond acceptors (Lipinski definition) is 3. The largest absolute Gasteiger partial charge is 0.494 e. The summed E-state index contributed by atoms with van der Waals surface area (Å²) in [6, 6.07) is 12.8. The van der Waals surface area contributed by atoms with E-state index in [0.29, 0.717) is 6.04 Å². The lowest BCUT2D eigenvalue weighted by Crippen LogP contribution is -2.19. The first kappa shape index (κ1) is 14.5. The fourth-order valence-corrected chi connectivity index (χ4v) is 2.39. The third-order valence-corrected chi connectivity index (χ3v) is 3.44. The van der Waals surface area contributed by atoms with Crippen molar-refractivity contribution >= 4 is 0 Å². The minimum Gasteiger partial charge on any atom is -0.494 e. The number of pyridine rings is 1. The molecule has 0 saturated carbocycles. The van der Waals surface area contributed by atoms with E-state index >= 15 is 0 Å². The summed E-state index contributed by atoms with van der Waals surface area (Å²) in [5.41, 5.74) is 3.28. The Labute approximate surface area is 121 Å². The Kier molecular flexibility index (Phi) is 5.13. The third kappa shape index (κ3) is 3.17. The second kappa shape index (κ2) is 7.06. The normalized spacial score (nSPS) is 12.2. The number of nitrogens with zero attached hydrogens (tertiary/aromatic N) is 1. The fraction of sp³-hybridized carbons (Fsp3) is 0.353. The number of ether oxygens (including phenoxy) is 1. The molecule has 106 valence electrons. The standard InChI is InChI=1S/C17H22N2O/c1-4-15(18-5-2)13-8-10-14(11-9-13)17-16(20-3)7-6-12-19-17/h6-12,15,18H,4-5H2,1-3H3. The molecule has 1 aromatic carbocycles. The van der Waals surface area contributed by atoms with E-state index in [-0.39, 0.29) is 0 Å². The van der Waals surface area contributed by atoms with Gasteiger partial charge in [0, 0.05) is 17.8 Å². The lowest BCUT2D eigenvalue weighted by molar-refractivity contribution is 0.415. The highest BCUT2D eigenvalue weighted by Gasteiger charge is 2.10. The van der Waals surface area contributed by atoms with Gasteiger partial charge in [-0.15, -0.1) is 0 Å². The van der Waals surface area contributed by atoms with Crippen LogP contribution in [0.1, 0.15) is 31.9 Å². The van der Waals surface area contributed by atoms with E-state index < -0.39 is 0 Å². The summed E-state index contributed by atoms with van der Waals surface area (Å²) in [5.74, 6) is 0.805. The third-order valence-electron chi connectivity index (χ3n) is 3.44. The molecule has 0 aliphatic rings. The van der Waals surface area contributed by atoms with E-state index in [1.165, 1.54) is 5.56 Å².